The number of rotatable bonds is 4. The monoisotopic (exact) mass is 269 g/mol. The molecule has 2 fully saturated rings. The van der Waals surface area contributed by atoms with E-state index >= 15 is 0 Å². The molecule has 2 atom stereocenters. The van der Waals surface area contributed by atoms with E-state index in [2.05, 4.69) is 22.5 Å². The normalized spacial score (nSPS) is 29.7. The van der Waals surface area contributed by atoms with Crippen LogP contribution in [-0.2, 0) is 9.53 Å². The summed E-state index contributed by atoms with van der Waals surface area (Å²) in [4.78, 5) is 14.5. The average molecular weight is 269 g/mol. The minimum Gasteiger partial charge on any atom is -0.374 e. The number of carbonyl (C=O) groups excluding carboxylic acids is 1. The predicted molar refractivity (Wildman–Crippen MR) is 75.1 cm³/mol. The molecule has 19 heavy (non-hydrogen) atoms. The zero-order chi connectivity index (χ0) is 13.5. The number of likely N-dealkylation sites (N-methyl/N-ethyl adjacent to an activating group) is 1. The van der Waals surface area contributed by atoms with Gasteiger partial charge in [-0.3, -0.25) is 9.69 Å². The Morgan fingerprint density at radius 2 is 2.32 bits per heavy atom. The third-order valence-electron chi connectivity index (χ3n) is 4.05. The van der Waals surface area contributed by atoms with Crippen molar-refractivity contribution >= 4 is 5.91 Å². The highest BCUT2D eigenvalue weighted by molar-refractivity contribution is 5.81. The summed E-state index contributed by atoms with van der Waals surface area (Å²) in [5.74, 6) is 0.138. The number of carbonyl (C=O) groups is 1. The molecule has 2 aliphatic rings. The summed E-state index contributed by atoms with van der Waals surface area (Å²) in [5, 5.41) is 6.37. The molecule has 1 amide bonds. The Balaban J connectivity index is 1.70. The van der Waals surface area contributed by atoms with E-state index in [4.69, 9.17) is 4.74 Å². The maximum Gasteiger partial charge on any atom is 0.237 e. The Morgan fingerprint density at radius 3 is 3.16 bits per heavy atom. The Kier molecular flexibility index (Phi) is 6.07. The fraction of sp³-hybridized carbons (Fsp3) is 0.929. The number of nitrogens with one attached hydrogen (secondary N) is 2. The SMILES string of the molecule is CCN1CCOC(CNC(=O)C2CCCCCN2)C1. The Hall–Kier alpha value is -0.650. The quantitative estimate of drug-likeness (QED) is 0.773. The topological polar surface area (TPSA) is 53.6 Å². The smallest absolute Gasteiger partial charge is 0.237 e. The predicted octanol–water partition coefficient (Wildman–Crippen LogP) is 0.356. The van der Waals surface area contributed by atoms with Crippen LogP contribution in [0.2, 0.25) is 0 Å². The second kappa shape index (κ2) is 7.82. The molecule has 110 valence electrons. The summed E-state index contributed by atoms with van der Waals surface area (Å²) in [6.07, 6.45) is 4.66. The van der Waals surface area contributed by atoms with Gasteiger partial charge in [0, 0.05) is 19.6 Å². The van der Waals surface area contributed by atoms with Crippen LogP contribution in [0.5, 0.6) is 0 Å². The molecule has 2 rings (SSSR count). The minimum absolute atomic E-state index is 0.00614. The van der Waals surface area contributed by atoms with Crippen molar-refractivity contribution in [2.45, 2.75) is 44.8 Å². The first kappa shape index (κ1) is 14.8. The highest BCUT2D eigenvalue weighted by atomic mass is 16.5. The van der Waals surface area contributed by atoms with E-state index in [0.717, 1.165) is 45.6 Å². The van der Waals surface area contributed by atoms with Gasteiger partial charge in [-0.25, -0.2) is 0 Å². The van der Waals surface area contributed by atoms with Crippen LogP contribution in [0.3, 0.4) is 0 Å². The van der Waals surface area contributed by atoms with Gasteiger partial charge in [0.2, 0.25) is 5.91 Å². The molecule has 0 aromatic rings. The molecule has 0 saturated carbocycles. The van der Waals surface area contributed by atoms with Crippen LogP contribution in [0, 0.1) is 0 Å². The van der Waals surface area contributed by atoms with Crippen LogP contribution in [0.4, 0.5) is 0 Å². The molecule has 5 heteroatoms. The van der Waals surface area contributed by atoms with Gasteiger partial charge in [-0.05, 0) is 25.9 Å². The largest absolute Gasteiger partial charge is 0.374 e. The lowest BCUT2D eigenvalue weighted by molar-refractivity contribution is -0.124. The molecule has 2 N–H and O–H groups in total. The summed E-state index contributed by atoms with van der Waals surface area (Å²) >= 11 is 0. The van der Waals surface area contributed by atoms with E-state index in [1.807, 2.05) is 0 Å². The van der Waals surface area contributed by atoms with Gasteiger partial charge in [0.25, 0.3) is 0 Å². The van der Waals surface area contributed by atoms with Gasteiger partial charge in [-0.15, -0.1) is 0 Å². The van der Waals surface area contributed by atoms with Crippen molar-refractivity contribution in [3.63, 3.8) is 0 Å². The summed E-state index contributed by atoms with van der Waals surface area (Å²) in [6.45, 7) is 7.51. The molecule has 0 aromatic heterocycles. The van der Waals surface area contributed by atoms with Crippen molar-refractivity contribution in [1.29, 1.82) is 0 Å². The lowest BCUT2D eigenvalue weighted by Gasteiger charge is -2.32. The second-order valence-electron chi connectivity index (χ2n) is 5.49. The van der Waals surface area contributed by atoms with Gasteiger partial charge in [-0.2, -0.15) is 0 Å². The van der Waals surface area contributed by atoms with Crippen molar-refractivity contribution < 1.29 is 9.53 Å². The number of morpholine rings is 1. The molecular weight excluding hydrogens is 242 g/mol. The Bertz CT molecular complexity index is 278. The molecule has 2 aliphatic heterocycles. The van der Waals surface area contributed by atoms with E-state index < -0.39 is 0 Å². The van der Waals surface area contributed by atoms with Gasteiger partial charge in [0.15, 0.2) is 0 Å². The lowest BCUT2D eigenvalue weighted by atomic mass is 10.1. The Morgan fingerprint density at radius 1 is 1.42 bits per heavy atom. The second-order valence-corrected chi connectivity index (χ2v) is 5.49. The molecule has 0 bridgehead atoms. The standard InChI is InChI=1S/C14H27N3O2/c1-2-17-8-9-19-12(11-17)10-16-14(18)13-6-4-3-5-7-15-13/h12-13,15H,2-11H2,1H3,(H,16,18). The van der Waals surface area contributed by atoms with Crippen LogP contribution >= 0.6 is 0 Å². The van der Waals surface area contributed by atoms with Crippen molar-refractivity contribution in [3.8, 4) is 0 Å². The first-order valence-electron chi connectivity index (χ1n) is 7.64. The first-order chi connectivity index (χ1) is 9.29. The van der Waals surface area contributed by atoms with Crippen molar-refractivity contribution in [2.24, 2.45) is 0 Å². The van der Waals surface area contributed by atoms with E-state index in [0.29, 0.717) is 6.54 Å². The number of nitrogens with zero attached hydrogens (tertiary/aromatic N) is 1. The average Bonchev–Trinajstić information content (AvgIpc) is 2.74. The highest BCUT2D eigenvalue weighted by Gasteiger charge is 2.23. The van der Waals surface area contributed by atoms with Crippen molar-refractivity contribution in [3.05, 3.63) is 0 Å². The molecule has 0 aliphatic carbocycles. The molecule has 0 spiro atoms. The summed E-state index contributed by atoms with van der Waals surface area (Å²) in [5.41, 5.74) is 0. The summed E-state index contributed by atoms with van der Waals surface area (Å²) < 4.78 is 5.70. The number of ether oxygens (including phenoxy) is 1. The van der Waals surface area contributed by atoms with E-state index in [1.54, 1.807) is 0 Å². The highest BCUT2D eigenvalue weighted by Crippen LogP contribution is 2.09. The summed E-state index contributed by atoms with van der Waals surface area (Å²) in [7, 11) is 0. The third-order valence-corrected chi connectivity index (χ3v) is 4.05. The van der Waals surface area contributed by atoms with Gasteiger partial charge in [-0.1, -0.05) is 19.8 Å². The van der Waals surface area contributed by atoms with Gasteiger partial charge in [0.05, 0.1) is 18.8 Å². The van der Waals surface area contributed by atoms with Crippen LogP contribution in [0.15, 0.2) is 0 Å². The van der Waals surface area contributed by atoms with Gasteiger partial charge < -0.3 is 15.4 Å². The van der Waals surface area contributed by atoms with Crippen molar-refractivity contribution in [1.82, 2.24) is 15.5 Å². The zero-order valence-corrected chi connectivity index (χ0v) is 12.0. The molecule has 5 nitrogen and oxygen atoms in total. The molecule has 0 radical (unpaired) electrons. The summed E-state index contributed by atoms with van der Waals surface area (Å²) in [6, 6.07) is -0.00614. The first-order valence-corrected chi connectivity index (χ1v) is 7.64. The zero-order valence-electron chi connectivity index (χ0n) is 12.0. The van der Waals surface area contributed by atoms with Gasteiger partial charge >= 0.3 is 0 Å². The maximum atomic E-state index is 12.1. The molecule has 2 saturated heterocycles. The maximum absolute atomic E-state index is 12.1. The number of hydrogen-bond acceptors (Lipinski definition) is 4. The van der Waals surface area contributed by atoms with Crippen molar-refractivity contribution in [2.75, 3.05) is 39.3 Å². The number of amides is 1. The molecule has 2 heterocycles. The van der Waals surface area contributed by atoms with E-state index in [1.165, 1.54) is 12.8 Å². The Labute approximate surface area is 116 Å². The third kappa shape index (κ3) is 4.75. The van der Waals surface area contributed by atoms with E-state index in [-0.39, 0.29) is 18.1 Å². The fourth-order valence-corrected chi connectivity index (χ4v) is 2.78. The van der Waals surface area contributed by atoms with Crippen LogP contribution in [0.1, 0.15) is 32.6 Å². The molecule has 0 aromatic carbocycles. The van der Waals surface area contributed by atoms with Gasteiger partial charge in [0.1, 0.15) is 0 Å². The molecule has 2 unspecified atom stereocenters. The lowest BCUT2D eigenvalue weighted by Crippen LogP contribution is -2.50. The van der Waals surface area contributed by atoms with Crippen LogP contribution in [-0.4, -0.2) is 62.3 Å². The van der Waals surface area contributed by atoms with Crippen LogP contribution < -0.4 is 10.6 Å². The van der Waals surface area contributed by atoms with E-state index in [9.17, 15) is 4.79 Å². The molecular formula is C14H27N3O2. The number of hydrogen-bond donors (Lipinski definition) is 2. The van der Waals surface area contributed by atoms with Crippen LogP contribution in [0.25, 0.3) is 0 Å². The minimum atomic E-state index is -0.00614. The fourth-order valence-electron chi connectivity index (χ4n) is 2.78.